The SMILES string of the molecule is COc1ccc(CN(C(=O)OCC2c3ccccc3-c3ccccc32)[C@@H](C[Se])C(=O)O)cc1. The first-order valence-electron chi connectivity index (χ1n) is 10.6. The molecule has 0 aliphatic heterocycles. The van der Waals surface area contributed by atoms with Crippen LogP contribution in [0.25, 0.3) is 11.1 Å². The Kier molecular flexibility index (Phi) is 7.01. The molecule has 3 aromatic carbocycles. The average molecular weight is 509 g/mol. The van der Waals surface area contributed by atoms with Gasteiger partial charge in [0.25, 0.3) is 0 Å². The summed E-state index contributed by atoms with van der Waals surface area (Å²) in [7, 11) is 1.57. The molecule has 1 N–H and O–H groups in total. The number of nitrogens with zero attached hydrogens (tertiary/aromatic N) is 1. The number of methoxy groups -OCH3 is 1. The summed E-state index contributed by atoms with van der Waals surface area (Å²) in [4.78, 5) is 26.3. The van der Waals surface area contributed by atoms with Gasteiger partial charge >= 0.3 is 201 Å². The molecule has 0 heterocycles. The number of carbonyl (C=O) groups excluding carboxylic acids is 1. The van der Waals surface area contributed by atoms with E-state index in [-0.39, 0.29) is 24.4 Å². The maximum atomic E-state index is 13.2. The van der Waals surface area contributed by atoms with E-state index in [1.807, 2.05) is 36.4 Å². The third-order valence-corrected chi connectivity index (χ3v) is 6.56. The van der Waals surface area contributed by atoms with E-state index in [1.165, 1.54) is 4.90 Å². The van der Waals surface area contributed by atoms with Crippen molar-refractivity contribution < 1.29 is 24.2 Å². The number of amides is 1. The fourth-order valence-electron chi connectivity index (χ4n) is 4.20. The molecule has 1 aliphatic carbocycles. The molecule has 169 valence electrons. The Morgan fingerprint density at radius 3 is 2.06 bits per heavy atom. The van der Waals surface area contributed by atoms with E-state index in [0.717, 1.165) is 27.8 Å². The third kappa shape index (κ3) is 4.75. The van der Waals surface area contributed by atoms with Crippen LogP contribution in [-0.2, 0) is 16.1 Å². The number of carboxylic acids is 1. The molecule has 33 heavy (non-hydrogen) atoms. The Labute approximate surface area is 200 Å². The van der Waals surface area contributed by atoms with Crippen LogP contribution in [0.15, 0.2) is 72.8 Å². The molecule has 0 saturated heterocycles. The van der Waals surface area contributed by atoms with E-state index in [1.54, 1.807) is 31.4 Å². The molecule has 3 aromatic rings. The van der Waals surface area contributed by atoms with E-state index in [9.17, 15) is 14.7 Å². The molecule has 7 heteroatoms. The number of carbonyl (C=O) groups is 2. The van der Waals surface area contributed by atoms with Crippen LogP contribution >= 0.6 is 0 Å². The number of benzene rings is 3. The third-order valence-electron chi connectivity index (χ3n) is 5.90. The normalized spacial score (nSPS) is 13.0. The first-order valence-corrected chi connectivity index (χ1v) is 11.8. The summed E-state index contributed by atoms with van der Waals surface area (Å²) in [5.74, 6) is -0.499. The van der Waals surface area contributed by atoms with Gasteiger partial charge in [0, 0.05) is 0 Å². The molecule has 0 bridgehead atoms. The molecular formula is C26H24NO5Se. The second-order valence-corrected chi connectivity index (χ2v) is 8.50. The summed E-state index contributed by atoms with van der Waals surface area (Å²) in [5.41, 5.74) is 5.26. The first-order chi connectivity index (χ1) is 16.0. The Hall–Kier alpha value is -3.28. The van der Waals surface area contributed by atoms with Gasteiger partial charge in [-0.2, -0.15) is 0 Å². The Morgan fingerprint density at radius 1 is 0.970 bits per heavy atom. The van der Waals surface area contributed by atoms with Crippen LogP contribution in [0, 0.1) is 0 Å². The zero-order valence-electron chi connectivity index (χ0n) is 18.1. The van der Waals surface area contributed by atoms with Crippen molar-refractivity contribution in [1.82, 2.24) is 4.90 Å². The van der Waals surface area contributed by atoms with Crippen LogP contribution in [0.4, 0.5) is 4.79 Å². The van der Waals surface area contributed by atoms with Gasteiger partial charge < -0.3 is 0 Å². The molecular weight excluding hydrogens is 485 g/mol. The molecule has 1 amide bonds. The number of ether oxygens (including phenoxy) is 2. The molecule has 4 rings (SSSR count). The van der Waals surface area contributed by atoms with Gasteiger partial charge in [-0.15, -0.1) is 0 Å². The molecule has 1 atom stereocenters. The number of hydrogen-bond donors (Lipinski definition) is 1. The van der Waals surface area contributed by atoms with E-state index in [2.05, 4.69) is 28.1 Å². The van der Waals surface area contributed by atoms with Crippen molar-refractivity contribution >= 4 is 28.1 Å². The Balaban J connectivity index is 1.55. The molecule has 0 spiro atoms. The molecule has 0 unspecified atom stereocenters. The van der Waals surface area contributed by atoms with E-state index in [0.29, 0.717) is 5.75 Å². The van der Waals surface area contributed by atoms with Gasteiger partial charge in [0.15, 0.2) is 0 Å². The van der Waals surface area contributed by atoms with Crippen LogP contribution in [-0.4, -0.2) is 57.8 Å². The monoisotopic (exact) mass is 510 g/mol. The van der Waals surface area contributed by atoms with Crippen LogP contribution in [0.3, 0.4) is 0 Å². The topological polar surface area (TPSA) is 76.1 Å². The van der Waals surface area contributed by atoms with Crippen LogP contribution in [0.1, 0.15) is 22.6 Å². The Bertz CT molecular complexity index is 1100. The summed E-state index contributed by atoms with van der Waals surface area (Å²) in [6, 6.07) is 22.3. The molecule has 0 fully saturated rings. The number of fused-ring (bicyclic) bond motifs is 3. The van der Waals surface area contributed by atoms with Crippen molar-refractivity contribution in [3.05, 3.63) is 89.5 Å². The molecule has 0 aromatic heterocycles. The second kappa shape index (κ2) is 10.1. The quantitative estimate of drug-likeness (QED) is 0.453. The van der Waals surface area contributed by atoms with Gasteiger partial charge in [0.05, 0.1) is 0 Å². The Morgan fingerprint density at radius 2 is 1.55 bits per heavy atom. The minimum atomic E-state index is -1.09. The van der Waals surface area contributed by atoms with E-state index >= 15 is 0 Å². The predicted octanol–water partition coefficient (Wildman–Crippen LogP) is 4.49. The number of carboxylic acid groups (broad SMARTS) is 1. The van der Waals surface area contributed by atoms with E-state index < -0.39 is 18.1 Å². The maximum absolute atomic E-state index is 13.2. The van der Waals surface area contributed by atoms with Crippen LogP contribution in [0.5, 0.6) is 5.75 Å². The standard InChI is InChI=1S/C26H24NO5Se/c1-31-18-12-10-17(11-13-18)14-27(24(16-33)25(28)29)26(30)32-15-23-21-8-4-2-6-19(21)20-7-3-5-9-22(20)23/h2-13,23-24H,14-16H2,1H3,(H,28,29)/t24-/m0/s1. The number of aliphatic carboxylic acids is 1. The second-order valence-electron chi connectivity index (χ2n) is 7.80. The van der Waals surface area contributed by atoms with Gasteiger partial charge in [-0.05, 0) is 0 Å². The van der Waals surface area contributed by atoms with Gasteiger partial charge in [0.2, 0.25) is 0 Å². The van der Waals surface area contributed by atoms with Gasteiger partial charge in [-0.3, -0.25) is 0 Å². The zero-order chi connectivity index (χ0) is 23.4. The van der Waals surface area contributed by atoms with Gasteiger partial charge in [-0.1, -0.05) is 0 Å². The van der Waals surface area contributed by atoms with Crippen LogP contribution in [0.2, 0.25) is 5.32 Å². The summed E-state index contributed by atoms with van der Waals surface area (Å²) >= 11 is 2.74. The van der Waals surface area contributed by atoms with Crippen molar-refractivity contribution in [2.24, 2.45) is 0 Å². The van der Waals surface area contributed by atoms with Crippen molar-refractivity contribution in [2.75, 3.05) is 13.7 Å². The van der Waals surface area contributed by atoms with Gasteiger partial charge in [-0.25, -0.2) is 0 Å². The molecule has 6 nitrogen and oxygen atoms in total. The van der Waals surface area contributed by atoms with Crippen molar-refractivity contribution in [1.29, 1.82) is 0 Å². The fraction of sp³-hybridized carbons (Fsp3) is 0.231. The van der Waals surface area contributed by atoms with Crippen molar-refractivity contribution in [3.63, 3.8) is 0 Å². The fourth-order valence-corrected chi connectivity index (χ4v) is 4.88. The zero-order valence-corrected chi connectivity index (χ0v) is 19.9. The molecule has 1 aliphatic rings. The molecule has 0 saturated carbocycles. The summed E-state index contributed by atoms with van der Waals surface area (Å²) in [6.07, 6.45) is -0.657. The first kappa shape index (κ1) is 22.9. The predicted molar refractivity (Wildman–Crippen MR) is 126 cm³/mol. The van der Waals surface area contributed by atoms with Crippen molar-refractivity contribution in [2.45, 2.75) is 23.8 Å². The van der Waals surface area contributed by atoms with Gasteiger partial charge in [0.1, 0.15) is 0 Å². The number of hydrogen-bond acceptors (Lipinski definition) is 4. The van der Waals surface area contributed by atoms with E-state index in [4.69, 9.17) is 9.47 Å². The van der Waals surface area contributed by atoms with Crippen LogP contribution < -0.4 is 4.74 Å². The van der Waals surface area contributed by atoms with Crippen molar-refractivity contribution in [3.8, 4) is 16.9 Å². The average Bonchev–Trinajstić information content (AvgIpc) is 3.16. The summed E-state index contributed by atoms with van der Waals surface area (Å²) in [6.45, 7) is 0.241. The minimum absolute atomic E-state index is 0.0966. The summed E-state index contributed by atoms with van der Waals surface area (Å²) in [5, 5.41) is 9.85. The molecule has 1 radical (unpaired) electrons. The number of rotatable bonds is 8. The summed E-state index contributed by atoms with van der Waals surface area (Å²) < 4.78 is 10.9.